The minimum absolute atomic E-state index is 0. The monoisotopic (exact) mass is 552 g/mol. The molecule has 0 saturated carbocycles. The number of amides is 3. The Hall–Kier alpha value is -2.85. The van der Waals surface area contributed by atoms with E-state index in [1.807, 2.05) is 30.3 Å². The van der Waals surface area contributed by atoms with Crippen molar-refractivity contribution in [3.8, 4) is 0 Å². The second-order valence-electron chi connectivity index (χ2n) is 9.79. The van der Waals surface area contributed by atoms with Crippen LogP contribution in [-0.2, 0) is 30.5 Å². The van der Waals surface area contributed by atoms with Crippen molar-refractivity contribution < 1.29 is 28.7 Å². The molecule has 3 amide bonds. The number of carbonyl (C=O) groups excluding carboxylic acids is 4. The van der Waals surface area contributed by atoms with E-state index in [9.17, 15) is 19.2 Å². The largest absolute Gasteiger partial charge is 0.465 e. The summed E-state index contributed by atoms with van der Waals surface area (Å²) in [6.45, 7) is 4.51. The number of ether oxygens (including phenoxy) is 2. The van der Waals surface area contributed by atoms with Gasteiger partial charge < -0.3 is 30.3 Å². The van der Waals surface area contributed by atoms with Crippen LogP contribution in [0.25, 0.3) is 0 Å². The van der Waals surface area contributed by atoms with E-state index >= 15 is 0 Å². The summed E-state index contributed by atoms with van der Waals surface area (Å²) < 4.78 is 10.3. The lowest BCUT2D eigenvalue weighted by molar-refractivity contribution is -0.144. The van der Waals surface area contributed by atoms with Gasteiger partial charge in [-0.2, -0.15) is 0 Å². The van der Waals surface area contributed by atoms with E-state index in [0.29, 0.717) is 44.9 Å². The van der Waals surface area contributed by atoms with E-state index in [-0.39, 0.29) is 56.0 Å². The maximum absolute atomic E-state index is 12.9. The summed E-state index contributed by atoms with van der Waals surface area (Å²) in [6, 6.07) is 8.71. The van der Waals surface area contributed by atoms with Crippen molar-refractivity contribution in [3.63, 3.8) is 0 Å². The van der Waals surface area contributed by atoms with Crippen LogP contribution in [0.4, 0.5) is 4.79 Å². The smallest absolute Gasteiger partial charge is 0.410 e. The molecule has 2 aliphatic rings. The molecule has 3 N–H and O–H groups in total. The molecule has 11 heteroatoms. The molecule has 1 aromatic rings. The van der Waals surface area contributed by atoms with Crippen molar-refractivity contribution in [2.75, 3.05) is 39.3 Å². The lowest BCUT2D eigenvalue weighted by atomic mass is 9.91. The zero-order chi connectivity index (χ0) is 26.6. The Bertz CT molecular complexity index is 910. The summed E-state index contributed by atoms with van der Waals surface area (Å²) in [4.78, 5) is 52.9. The van der Waals surface area contributed by atoms with Crippen LogP contribution >= 0.6 is 12.4 Å². The Kier molecular flexibility index (Phi) is 13.4. The topological polar surface area (TPSA) is 131 Å². The molecule has 0 aromatic heterocycles. The first-order valence-electron chi connectivity index (χ1n) is 13.3. The number of nitrogens with two attached hydrogens (primary N) is 1. The first-order valence-corrected chi connectivity index (χ1v) is 13.3. The van der Waals surface area contributed by atoms with E-state index in [2.05, 4.69) is 5.32 Å². The summed E-state index contributed by atoms with van der Waals surface area (Å²) in [7, 11) is 0. The standard InChI is InChI=1S/C27H40N4O6.ClH/c1-2-36-26(34)23(28)17-29-25(33)22-9-6-14-31(18-22)24(32)11-10-20-12-15-30(16-13-20)27(35)37-19-21-7-4-3-5-8-21;/h3-5,7-8,20,22-23H,2,6,9-19,28H2,1H3,(H,29,33);1H/t22-,23?;/m1./s1. The molecule has 2 saturated heterocycles. The number of nitrogens with zero attached hydrogens (tertiary/aromatic N) is 2. The summed E-state index contributed by atoms with van der Waals surface area (Å²) in [5, 5.41) is 2.72. The van der Waals surface area contributed by atoms with Crippen molar-refractivity contribution >= 4 is 36.3 Å². The summed E-state index contributed by atoms with van der Waals surface area (Å²) >= 11 is 0. The van der Waals surface area contributed by atoms with E-state index in [1.54, 1.807) is 16.7 Å². The Morgan fingerprint density at radius 1 is 1.03 bits per heavy atom. The molecule has 1 aromatic carbocycles. The number of nitrogens with one attached hydrogen (secondary N) is 1. The van der Waals surface area contributed by atoms with Crippen LogP contribution in [0.3, 0.4) is 0 Å². The Morgan fingerprint density at radius 2 is 1.74 bits per heavy atom. The fraction of sp³-hybridized carbons (Fsp3) is 0.630. The number of halogens is 1. The average molecular weight is 553 g/mol. The van der Waals surface area contributed by atoms with Crippen LogP contribution < -0.4 is 11.1 Å². The molecular weight excluding hydrogens is 512 g/mol. The molecule has 212 valence electrons. The van der Waals surface area contributed by atoms with Crippen molar-refractivity contribution in [3.05, 3.63) is 35.9 Å². The zero-order valence-corrected chi connectivity index (χ0v) is 23.0. The number of benzene rings is 1. The molecule has 2 atom stereocenters. The highest BCUT2D eigenvalue weighted by atomic mass is 35.5. The van der Waals surface area contributed by atoms with Crippen molar-refractivity contribution in [2.45, 2.75) is 58.1 Å². The van der Waals surface area contributed by atoms with Gasteiger partial charge in [0.1, 0.15) is 12.6 Å². The fourth-order valence-electron chi connectivity index (χ4n) is 4.81. The Labute approximate surface area is 231 Å². The first-order chi connectivity index (χ1) is 17.9. The van der Waals surface area contributed by atoms with Gasteiger partial charge in [-0.1, -0.05) is 30.3 Å². The third-order valence-electron chi connectivity index (χ3n) is 7.07. The van der Waals surface area contributed by atoms with Crippen molar-refractivity contribution in [1.82, 2.24) is 15.1 Å². The average Bonchev–Trinajstić information content (AvgIpc) is 2.94. The van der Waals surface area contributed by atoms with Crippen molar-refractivity contribution in [1.29, 1.82) is 0 Å². The molecule has 0 bridgehead atoms. The summed E-state index contributed by atoms with van der Waals surface area (Å²) in [5.74, 6) is -0.597. The first kappa shape index (κ1) is 31.4. The third-order valence-corrected chi connectivity index (χ3v) is 7.07. The maximum atomic E-state index is 12.9. The quantitative estimate of drug-likeness (QED) is 0.426. The minimum atomic E-state index is -0.901. The molecular formula is C27H41ClN4O6. The van der Waals surface area contributed by atoms with Gasteiger partial charge in [0, 0.05) is 39.1 Å². The maximum Gasteiger partial charge on any atom is 0.410 e. The highest BCUT2D eigenvalue weighted by molar-refractivity contribution is 5.85. The van der Waals surface area contributed by atoms with Crippen molar-refractivity contribution in [2.24, 2.45) is 17.6 Å². The van der Waals surface area contributed by atoms with E-state index in [0.717, 1.165) is 31.2 Å². The van der Waals surface area contributed by atoms with Crippen LogP contribution in [0, 0.1) is 11.8 Å². The number of esters is 1. The molecule has 38 heavy (non-hydrogen) atoms. The molecule has 0 aliphatic carbocycles. The molecule has 10 nitrogen and oxygen atoms in total. The van der Waals surface area contributed by atoms with E-state index in [4.69, 9.17) is 15.2 Å². The van der Waals surface area contributed by atoms with Crippen LogP contribution in [0.15, 0.2) is 30.3 Å². The SMILES string of the molecule is CCOC(=O)C(N)CNC(=O)[C@@H]1CCCN(C(=O)CCC2CCN(C(=O)OCc3ccccc3)CC2)C1.Cl. The number of hydrogen-bond acceptors (Lipinski definition) is 7. The van der Waals surface area contributed by atoms with Gasteiger partial charge in [-0.15, -0.1) is 12.4 Å². The third kappa shape index (κ3) is 9.79. The number of piperidine rings is 2. The second-order valence-corrected chi connectivity index (χ2v) is 9.79. The summed E-state index contributed by atoms with van der Waals surface area (Å²) in [5.41, 5.74) is 6.71. The minimum Gasteiger partial charge on any atom is -0.465 e. The van der Waals surface area contributed by atoms with E-state index < -0.39 is 12.0 Å². The highest BCUT2D eigenvalue weighted by Crippen LogP contribution is 2.24. The lowest BCUT2D eigenvalue weighted by Crippen LogP contribution is -2.49. The molecule has 0 spiro atoms. The molecule has 1 unspecified atom stereocenters. The van der Waals surface area contributed by atoms with Crippen LogP contribution in [0.5, 0.6) is 0 Å². The molecule has 0 radical (unpaired) electrons. The van der Waals surface area contributed by atoms with Gasteiger partial charge in [0.15, 0.2) is 0 Å². The lowest BCUT2D eigenvalue weighted by Gasteiger charge is -2.34. The number of likely N-dealkylation sites (tertiary alicyclic amines) is 2. The van der Waals surface area contributed by atoms with Crippen LogP contribution in [-0.4, -0.2) is 79.0 Å². The summed E-state index contributed by atoms with van der Waals surface area (Å²) in [6.07, 6.45) is 4.07. The Morgan fingerprint density at radius 3 is 2.42 bits per heavy atom. The van der Waals surface area contributed by atoms with Crippen LogP contribution in [0.2, 0.25) is 0 Å². The molecule has 2 heterocycles. The second kappa shape index (κ2) is 16.2. The van der Waals surface area contributed by atoms with Gasteiger partial charge in [0.2, 0.25) is 11.8 Å². The van der Waals surface area contributed by atoms with Gasteiger partial charge in [-0.3, -0.25) is 14.4 Å². The van der Waals surface area contributed by atoms with E-state index in [1.165, 1.54) is 0 Å². The molecule has 2 fully saturated rings. The molecule has 3 rings (SSSR count). The predicted molar refractivity (Wildman–Crippen MR) is 144 cm³/mol. The number of carbonyl (C=O) groups is 4. The van der Waals surface area contributed by atoms with Gasteiger partial charge in [0.25, 0.3) is 0 Å². The predicted octanol–water partition coefficient (Wildman–Crippen LogP) is 2.48. The van der Waals surface area contributed by atoms with Crippen LogP contribution in [0.1, 0.15) is 51.0 Å². The zero-order valence-electron chi connectivity index (χ0n) is 22.1. The Balaban J connectivity index is 0.00000507. The molecule has 2 aliphatic heterocycles. The normalized spacial score (nSPS) is 18.6. The van der Waals surface area contributed by atoms with Gasteiger partial charge in [-0.05, 0) is 50.5 Å². The van der Waals surface area contributed by atoms with Gasteiger partial charge >= 0.3 is 12.1 Å². The van der Waals surface area contributed by atoms with Gasteiger partial charge in [-0.25, -0.2) is 4.79 Å². The number of rotatable bonds is 10. The highest BCUT2D eigenvalue weighted by Gasteiger charge is 2.30. The van der Waals surface area contributed by atoms with Gasteiger partial charge in [0.05, 0.1) is 12.5 Å². The fourth-order valence-corrected chi connectivity index (χ4v) is 4.81. The number of hydrogen-bond donors (Lipinski definition) is 2.